The number of aromatic amines is 1. The van der Waals surface area contributed by atoms with Crippen LogP contribution in [0.4, 0.5) is 0 Å². The zero-order valence-corrected chi connectivity index (χ0v) is 21.8. The van der Waals surface area contributed by atoms with Crippen molar-refractivity contribution < 1.29 is 0 Å². The monoisotopic (exact) mass is 488 g/mol. The fourth-order valence-corrected chi connectivity index (χ4v) is 4.51. The number of aromatic nitrogens is 4. The first-order valence-corrected chi connectivity index (χ1v) is 12.6. The van der Waals surface area contributed by atoms with Crippen molar-refractivity contribution >= 4 is 16.7 Å². The van der Waals surface area contributed by atoms with Gasteiger partial charge in [0.05, 0.1) is 11.4 Å². The maximum absolute atomic E-state index is 8.39. The average molecular weight is 489 g/mol. The highest BCUT2D eigenvalue weighted by Gasteiger charge is 2.13. The van der Waals surface area contributed by atoms with E-state index in [0.717, 1.165) is 68.1 Å². The maximum Gasteiger partial charge on any atom is 0.138 e. The lowest BCUT2D eigenvalue weighted by molar-refractivity contribution is 0.320. The Morgan fingerprint density at radius 1 is 0.919 bits per heavy atom. The maximum atomic E-state index is 8.39. The molecule has 1 atom stereocenters. The number of nitrogens with one attached hydrogen (secondary N) is 2. The summed E-state index contributed by atoms with van der Waals surface area (Å²) in [5.74, 6) is 0. The topological polar surface area (TPSA) is 81.5 Å². The van der Waals surface area contributed by atoms with Gasteiger partial charge in [-0.15, -0.1) is 0 Å². The Morgan fingerprint density at radius 2 is 1.70 bits per heavy atom. The molecule has 0 saturated heterocycles. The summed E-state index contributed by atoms with van der Waals surface area (Å²) in [5.41, 5.74) is 9.63. The minimum absolute atomic E-state index is 0.363. The SMILES string of the molecule is Cc1cccc(-c2cc(-c3cncc(-c4ccc(CC(=N)C[C@H](C)N(C)C)cc4)c3)c3cc[nH]c3n2)n1. The molecule has 0 saturated carbocycles. The van der Waals surface area contributed by atoms with Crippen molar-refractivity contribution in [2.75, 3.05) is 14.1 Å². The van der Waals surface area contributed by atoms with E-state index in [4.69, 9.17) is 10.4 Å². The summed E-state index contributed by atoms with van der Waals surface area (Å²) in [6.45, 7) is 4.14. The van der Waals surface area contributed by atoms with E-state index in [2.05, 4.69) is 83.3 Å². The van der Waals surface area contributed by atoms with E-state index in [0.29, 0.717) is 12.5 Å². The molecule has 0 unspecified atom stereocenters. The molecule has 6 heteroatoms. The van der Waals surface area contributed by atoms with E-state index in [9.17, 15) is 0 Å². The van der Waals surface area contributed by atoms with Crippen molar-refractivity contribution in [3.05, 3.63) is 90.5 Å². The van der Waals surface area contributed by atoms with Crippen molar-refractivity contribution in [3.63, 3.8) is 0 Å². The molecule has 0 aliphatic rings. The lowest BCUT2D eigenvalue weighted by Gasteiger charge is -2.20. The number of hydrogen-bond donors (Lipinski definition) is 2. The quantitative estimate of drug-likeness (QED) is 0.242. The summed E-state index contributed by atoms with van der Waals surface area (Å²) in [5, 5.41) is 9.44. The van der Waals surface area contributed by atoms with Gasteiger partial charge in [0.25, 0.3) is 0 Å². The number of aryl methyl sites for hydroxylation is 1. The molecule has 0 aliphatic heterocycles. The van der Waals surface area contributed by atoms with Gasteiger partial charge in [0.15, 0.2) is 0 Å². The van der Waals surface area contributed by atoms with Crippen LogP contribution >= 0.6 is 0 Å². The van der Waals surface area contributed by atoms with Crippen LogP contribution in [0.2, 0.25) is 0 Å². The molecule has 5 rings (SSSR count). The summed E-state index contributed by atoms with van der Waals surface area (Å²) in [6, 6.07) is 21.2. The van der Waals surface area contributed by atoms with E-state index >= 15 is 0 Å². The summed E-state index contributed by atoms with van der Waals surface area (Å²) >= 11 is 0. The molecular weight excluding hydrogens is 456 g/mol. The number of hydrogen-bond acceptors (Lipinski definition) is 5. The minimum Gasteiger partial charge on any atom is -0.346 e. The van der Waals surface area contributed by atoms with Crippen molar-refractivity contribution in [2.45, 2.75) is 32.7 Å². The van der Waals surface area contributed by atoms with Gasteiger partial charge >= 0.3 is 0 Å². The highest BCUT2D eigenvalue weighted by Crippen LogP contribution is 2.33. The van der Waals surface area contributed by atoms with Gasteiger partial charge in [0.2, 0.25) is 0 Å². The molecule has 0 bridgehead atoms. The smallest absolute Gasteiger partial charge is 0.138 e. The highest BCUT2D eigenvalue weighted by molar-refractivity contribution is 5.95. The molecule has 0 amide bonds. The second-order valence-corrected chi connectivity index (χ2v) is 9.92. The predicted molar refractivity (Wildman–Crippen MR) is 152 cm³/mol. The minimum atomic E-state index is 0.363. The lowest BCUT2D eigenvalue weighted by Crippen LogP contribution is -2.27. The fourth-order valence-electron chi connectivity index (χ4n) is 4.51. The Kier molecular flexibility index (Phi) is 6.93. The Hall–Kier alpha value is -4.16. The number of nitrogens with zero attached hydrogens (tertiary/aromatic N) is 4. The summed E-state index contributed by atoms with van der Waals surface area (Å²) in [6.07, 6.45) is 7.18. The standard InChI is InChI=1S/C31H32N6/c1-20-6-5-7-29(35-20)30-17-28(27-12-13-34-31(27)36-30)25-16-24(18-33-19-25)23-10-8-22(9-11-23)15-26(32)14-21(2)37(3)4/h5-13,16-19,21,32H,14-15H2,1-4H3,(H,34,36)/t21-/m0/s1. The first-order chi connectivity index (χ1) is 17.9. The second kappa shape index (κ2) is 10.4. The van der Waals surface area contributed by atoms with Gasteiger partial charge < -0.3 is 15.3 Å². The van der Waals surface area contributed by atoms with Crippen LogP contribution in [-0.4, -0.2) is 50.7 Å². The summed E-state index contributed by atoms with van der Waals surface area (Å²) in [7, 11) is 4.12. The van der Waals surface area contributed by atoms with E-state index in [1.807, 2.05) is 43.7 Å². The third-order valence-corrected chi connectivity index (χ3v) is 6.86. The lowest BCUT2D eigenvalue weighted by atomic mass is 9.97. The Labute approximate surface area is 218 Å². The fraction of sp³-hybridized carbons (Fsp3) is 0.226. The molecule has 0 aliphatic carbocycles. The van der Waals surface area contributed by atoms with Gasteiger partial charge in [0, 0.05) is 65.4 Å². The summed E-state index contributed by atoms with van der Waals surface area (Å²) in [4.78, 5) is 19.5. The van der Waals surface area contributed by atoms with Crippen LogP contribution in [0.3, 0.4) is 0 Å². The van der Waals surface area contributed by atoms with Crippen LogP contribution in [0.5, 0.6) is 0 Å². The molecule has 6 nitrogen and oxygen atoms in total. The highest BCUT2D eigenvalue weighted by atomic mass is 15.1. The number of rotatable bonds is 8. The Balaban J connectivity index is 1.43. The number of benzene rings is 1. The first-order valence-electron chi connectivity index (χ1n) is 12.6. The number of fused-ring (bicyclic) bond motifs is 1. The molecule has 1 aromatic carbocycles. The molecular formula is C31H32N6. The molecule has 0 radical (unpaired) electrons. The number of pyridine rings is 3. The van der Waals surface area contributed by atoms with Crippen LogP contribution in [-0.2, 0) is 6.42 Å². The molecule has 37 heavy (non-hydrogen) atoms. The zero-order valence-electron chi connectivity index (χ0n) is 21.8. The van der Waals surface area contributed by atoms with Crippen molar-refractivity contribution in [1.29, 1.82) is 5.41 Å². The van der Waals surface area contributed by atoms with Gasteiger partial charge in [-0.25, -0.2) is 4.98 Å². The van der Waals surface area contributed by atoms with E-state index < -0.39 is 0 Å². The Bertz CT molecular complexity index is 1550. The molecule has 186 valence electrons. The van der Waals surface area contributed by atoms with Crippen molar-refractivity contribution in [1.82, 2.24) is 24.8 Å². The first kappa shape index (κ1) is 24.5. The number of H-pyrrole nitrogens is 1. The van der Waals surface area contributed by atoms with Crippen LogP contribution in [0, 0.1) is 12.3 Å². The van der Waals surface area contributed by atoms with E-state index in [-0.39, 0.29) is 0 Å². The third-order valence-electron chi connectivity index (χ3n) is 6.86. The second-order valence-electron chi connectivity index (χ2n) is 9.92. The van der Waals surface area contributed by atoms with E-state index in [1.54, 1.807) is 0 Å². The molecule has 2 N–H and O–H groups in total. The van der Waals surface area contributed by atoms with Crippen LogP contribution in [0.15, 0.2) is 79.3 Å². The van der Waals surface area contributed by atoms with Gasteiger partial charge in [-0.1, -0.05) is 30.3 Å². The van der Waals surface area contributed by atoms with Crippen LogP contribution < -0.4 is 0 Å². The van der Waals surface area contributed by atoms with Crippen molar-refractivity contribution in [2.24, 2.45) is 0 Å². The predicted octanol–water partition coefficient (Wildman–Crippen LogP) is 6.56. The van der Waals surface area contributed by atoms with Gasteiger partial charge in [0.1, 0.15) is 5.65 Å². The Morgan fingerprint density at radius 3 is 2.46 bits per heavy atom. The van der Waals surface area contributed by atoms with Crippen molar-refractivity contribution in [3.8, 4) is 33.6 Å². The normalized spacial score (nSPS) is 12.2. The van der Waals surface area contributed by atoms with Gasteiger partial charge in [-0.05, 0) is 75.0 Å². The largest absolute Gasteiger partial charge is 0.346 e. The van der Waals surface area contributed by atoms with Crippen LogP contribution in [0.1, 0.15) is 24.6 Å². The summed E-state index contributed by atoms with van der Waals surface area (Å²) < 4.78 is 0. The molecule has 0 spiro atoms. The molecule has 5 aromatic rings. The van der Waals surface area contributed by atoms with Crippen LogP contribution in [0.25, 0.3) is 44.7 Å². The van der Waals surface area contributed by atoms with E-state index in [1.165, 1.54) is 0 Å². The third kappa shape index (κ3) is 5.49. The van der Waals surface area contributed by atoms with Gasteiger partial charge in [-0.2, -0.15) is 0 Å². The molecule has 4 aromatic heterocycles. The zero-order chi connectivity index (χ0) is 25.9. The molecule has 4 heterocycles. The van der Waals surface area contributed by atoms with Gasteiger partial charge in [-0.3, -0.25) is 9.97 Å². The average Bonchev–Trinajstić information content (AvgIpc) is 3.37. The molecule has 0 fully saturated rings.